The molecule has 3 aromatic carbocycles. The Morgan fingerprint density at radius 1 is 0.889 bits per heavy atom. The summed E-state index contributed by atoms with van der Waals surface area (Å²) >= 11 is 0. The van der Waals surface area contributed by atoms with Crippen molar-refractivity contribution in [3.63, 3.8) is 0 Å². The third-order valence-corrected chi connectivity index (χ3v) is 4.05. The van der Waals surface area contributed by atoms with Crippen LogP contribution in [0.5, 0.6) is 5.75 Å². The molecule has 27 heavy (non-hydrogen) atoms. The number of anilines is 1. The number of rotatable bonds is 6. The number of nitrogens with one attached hydrogen (secondary N) is 2. The number of aromatic hydroxyl groups is 1. The lowest BCUT2D eigenvalue weighted by atomic mass is 10.1. The minimum Gasteiger partial charge on any atom is -0.507 e. The van der Waals surface area contributed by atoms with Crippen molar-refractivity contribution in [1.82, 2.24) is 5.32 Å². The lowest BCUT2D eigenvalue weighted by molar-refractivity contribution is -0.117. The zero-order chi connectivity index (χ0) is 19.1. The van der Waals surface area contributed by atoms with E-state index in [-0.39, 0.29) is 30.5 Å². The van der Waals surface area contributed by atoms with Gasteiger partial charge in [-0.25, -0.2) is 0 Å². The summed E-state index contributed by atoms with van der Waals surface area (Å²) in [5.74, 6) is -0.291. The minimum absolute atomic E-state index is 0.153. The summed E-state index contributed by atoms with van der Waals surface area (Å²) in [5, 5.41) is 16.9. The molecular formula is C22H20N2O3. The van der Waals surface area contributed by atoms with Crippen LogP contribution in [0.3, 0.4) is 0 Å². The van der Waals surface area contributed by atoms with Gasteiger partial charge in [0.1, 0.15) is 5.75 Å². The maximum absolute atomic E-state index is 12.2. The molecule has 0 unspecified atom stereocenters. The van der Waals surface area contributed by atoms with Gasteiger partial charge in [0.05, 0.1) is 0 Å². The first kappa shape index (κ1) is 18.2. The van der Waals surface area contributed by atoms with Crippen molar-refractivity contribution in [2.45, 2.75) is 6.42 Å². The van der Waals surface area contributed by atoms with Crippen molar-refractivity contribution in [3.8, 4) is 5.75 Å². The number of hydrogen-bond acceptors (Lipinski definition) is 3. The van der Waals surface area contributed by atoms with Crippen LogP contribution in [-0.4, -0.2) is 23.5 Å². The van der Waals surface area contributed by atoms with Crippen molar-refractivity contribution in [3.05, 3.63) is 78.4 Å². The number of carbonyl (C=O) groups is 2. The summed E-state index contributed by atoms with van der Waals surface area (Å²) in [6.07, 6.45) is 3.32. The van der Waals surface area contributed by atoms with E-state index in [1.165, 1.54) is 6.08 Å². The van der Waals surface area contributed by atoms with E-state index in [4.69, 9.17) is 0 Å². The Balaban J connectivity index is 1.51. The lowest BCUT2D eigenvalue weighted by Gasteiger charge is -2.10. The topological polar surface area (TPSA) is 78.4 Å². The Bertz CT molecular complexity index is 981. The van der Waals surface area contributed by atoms with Gasteiger partial charge >= 0.3 is 0 Å². The molecule has 0 atom stereocenters. The van der Waals surface area contributed by atoms with E-state index in [9.17, 15) is 14.7 Å². The fourth-order valence-electron chi connectivity index (χ4n) is 2.70. The molecule has 0 heterocycles. The monoisotopic (exact) mass is 360 g/mol. The Kier molecular flexibility index (Phi) is 5.84. The lowest BCUT2D eigenvalue weighted by Crippen LogP contribution is -2.26. The quantitative estimate of drug-likeness (QED) is 0.463. The molecule has 0 bridgehead atoms. The highest BCUT2D eigenvalue weighted by Gasteiger charge is 2.08. The highest BCUT2D eigenvalue weighted by Crippen LogP contribution is 2.30. The third-order valence-electron chi connectivity index (χ3n) is 4.05. The number of benzene rings is 3. The normalized spacial score (nSPS) is 10.8. The maximum Gasteiger partial charge on any atom is 0.244 e. The smallest absolute Gasteiger partial charge is 0.244 e. The molecule has 3 N–H and O–H groups in total. The fourth-order valence-corrected chi connectivity index (χ4v) is 2.70. The molecule has 5 heteroatoms. The van der Waals surface area contributed by atoms with E-state index >= 15 is 0 Å². The number of fused-ring (bicyclic) bond motifs is 1. The average Bonchev–Trinajstić information content (AvgIpc) is 2.69. The van der Waals surface area contributed by atoms with E-state index in [1.807, 2.05) is 48.5 Å². The molecule has 2 amide bonds. The molecule has 0 fully saturated rings. The van der Waals surface area contributed by atoms with Crippen LogP contribution in [0.4, 0.5) is 5.69 Å². The van der Waals surface area contributed by atoms with Gasteiger partial charge in [-0.2, -0.15) is 0 Å². The zero-order valence-corrected chi connectivity index (χ0v) is 14.7. The summed E-state index contributed by atoms with van der Waals surface area (Å²) in [7, 11) is 0. The molecule has 0 aliphatic rings. The van der Waals surface area contributed by atoms with Crippen molar-refractivity contribution >= 4 is 34.4 Å². The molecule has 0 aromatic heterocycles. The largest absolute Gasteiger partial charge is 0.507 e. The molecule has 0 aliphatic carbocycles. The summed E-state index contributed by atoms with van der Waals surface area (Å²) in [5.41, 5.74) is 1.56. The van der Waals surface area contributed by atoms with Gasteiger partial charge < -0.3 is 15.7 Å². The van der Waals surface area contributed by atoms with Crippen LogP contribution in [0.1, 0.15) is 12.0 Å². The second-order valence-electron chi connectivity index (χ2n) is 6.01. The first-order valence-corrected chi connectivity index (χ1v) is 8.65. The van der Waals surface area contributed by atoms with E-state index in [0.717, 1.165) is 10.9 Å². The predicted octanol–water partition coefficient (Wildman–Crippen LogP) is 3.70. The van der Waals surface area contributed by atoms with Crippen LogP contribution in [0, 0.1) is 0 Å². The van der Waals surface area contributed by atoms with Gasteiger partial charge in [-0.05, 0) is 23.8 Å². The zero-order valence-electron chi connectivity index (χ0n) is 14.7. The SMILES string of the molecule is O=C(C=Cc1ccccc1)NCCC(=O)Nc1ccc(O)c2ccccc12. The fraction of sp³-hybridized carbons (Fsp3) is 0.0909. The summed E-state index contributed by atoms with van der Waals surface area (Å²) in [6, 6.07) is 20.0. The van der Waals surface area contributed by atoms with E-state index in [0.29, 0.717) is 11.1 Å². The van der Waals surface area contributed by atoms with Crippen LogP contribution in [-0.2, 0) is 9.59 Å². The van der Waals surface area contributed by atoms with Gasteiger partial charge in [0.25, 0.3) is 0 Å². The maximum atomic E-state index is 12.2. The van der Waals surface area contributed by atoms with Gasteiger partial charge in [-0.15, -0.1) is 0 Å². The number of phenolic OH excluding ortho intramolecular Hbond substituents is 1. The molecule has 136 valence electrons. The number of carbonyl (C=O) groups excluding carboxylic acids is 2. The molecular weight excluding hydrogens is 340 g/mol. The summed E-state index contributed by atoms with van der Waals surface area (Å²) in [6.45, 7) is 0.236. The van der Waals surface area contributed by atoms with Gasteiger partial charge in [-0.1, -0.05) is 54.6 Å². The predicted molar refractivity (Wildman–Crippen MR) is 107 cm³/mol. The Hall–Kier alpha value is -3.60. The second-order valence-corrected chi connectivity index (χ2v) is 6.01. The van der Waals surface area contributed by atoms with Crippen molar-refractivity contribution in [2.24, 2.45) is 0 Å². The highest BCUT2D eigenvalue weighted by molar-refractivity contribution is 6.04. The van der Waals surface area contributed by atoms with Crippen LogP contribution < -0.4 is 10.6 Å². The number of hydrogen-bond donors (Lipinski definition) is 3. The number of amides is 2. The van der Waals surface area contributed by atoms with Crippen molar-refractivity contribution < 1.29 is 14.7 Å². The van der Waals surface area contributed by atoms with Crippen molar-refractivity contribution in [2.75, 3.05) is 11.9 Å². The van der Waals surface area contributed by atoms with Gasteiger partial charge in [0, 0.05) is 35.5 Å². The molecule has 0 saturated carbocycles. The summed E-state index contributed by atoms with van der Waals surface area (Å²) in [4.78, 5) is 24.0. The van der Waals surface area contributed by atoms with Crippen molar-refractivity contribution in [1.29, 1.82) is 0 Å². The average molecular weight is 360 g/mol. The molecule has 0 spiro atoms. The second kappa shape index (κ2) is 8.67. The molecule has 0 saturated heterocycles. The van der Waals surface area contributed by atoms with Crippen LogP contribution in [0.2, 0.25) is 0 Å². The highest BCUT2D eigenvalue weighted by atomic mass is 16.3. The van der Waals surface area contributed by atoms with Gasteiger partial charge in [-0.3, -0.25) is 9.59 Å². The van der Waals surface area contributed by atoms with Crippen LogP contribution in [0.15, 0.2) is 72.8 Å². The van der Waals surface area contributed by atoms with E-state index in [1.54, 1.807) is 24.3 Å². The molecule has 0 aliphatic heterocycles. The minimum atomic E-state index is -0.248. The molecule has 3 aromatic rings. The Morgan fingerprint density at radius 2 is 1.59 bits per heavy atom. The summed E-state index contributed by atoms with van der Waals surface area (Å²) < 4.78 is 0. The Morgan fingerprint density at radius 3 is 2.37 bits per heavy atom. The number of phenols is 1. The molecule has 3 rings (SSSR count). The Labute approximate surface area is 157 Å². The standard InChI is InChI=1S/C22H20N2O3/c25-20-12-11-19(17-8-4-5-9-18(17)20)24-22(27)14-15-23-21(26)13-10-16-6-2-1-3-7-16/h1-13,25H,14-15H2,(H,23,26)(H,24,27). The third kappa shape index (κ3) is 4.95. The molecule has 0 radical (unpaired) electrons. The van der Waals surface area contributed by atoms with Gasteiger partial charge in [0.15, 0.2) is 0 Å². The first-order valence-electron chi connectivity index (χ1n) is 8.65. The van der Waals surface area contributed by atoms with Crippen LogP contribution in [0.25, 0.3) is 16.8 Å². The van der Waals surface area contributed by atoms with E-state index < -0.39 is 0 Å². The molecule has 5 nitrogen and oxygen atoms in total. The van der Waals surface area contributed by atoms with E-state index in [2.05, 4.69) is 10.6 Å². The van der Waals surface area contributed by atoms with Crippen LogP contribution >= 0.6 is 0 Å². The first-order chi connectivity index (χ1) is 13.1. The van der Waals surface area contributed by atoms with Gasteiger partial charge in [0.2, 0.25) is 11.8 Å².